The molecule has 1 rings (SSSR count). The Balaban J connectivity index is 3.40. The number of nitriles is 1. The largest absolute Gasteiger partial charge is 0.481 e. The molecule has 0 saturated carbocycles. The molecule has 1 heterocycles. The molecule has 0 bridgehead atoms. The highest BCUT2D eigenvalue weighted by Crippen LogP contribution is 2.28. The Morgan fingerprint density at radius 1 is 1.69 bits per heavy atom. The number of nitrogens with two attached hydrogens (primary N) is 1. The minimum atomic E-state index is -2.99. The molecule has 0 atom stereocenters. The second kappa shape index (κ2) is 4.53. The van der Waals surface area contributed by atoms with Crippen molar-refractivity contribution in [1.82, 2.24) is 4.98 Å². The van der Waals surface area contributed by atoms with Crippen LogP contribution in [0, 0.1) is 11.3 Å². The lowest BCUT2D eigenvalue weighted by atomic mass is 10.0. The van der Waals surface area contributed by atoms with E-state index in [0.29, 0.717) is 0 Å². The van der Waals surface area contributed by atoms with E-state index in [-0.39, 0.29) is 11.4 Å². The summed E-state index contributed by atoms with van der Waals surface area (Å²) in [6.07, 6.45) is -2.66. The van der Waals surface area contributed by atoms with Crippen LogP contribution in [0.5, 0.6) is 0 Å². The zero-order valence-electron chi connectivity index (χ0n) is 7.94. The number of carbonyl (C=O) groups is 1. The van der Waals surface area contributed by atoms with Crippen LogP contribution in [-0.4, -0.2) is 16.1 Å². The number of rotatable bonds is 3. The molecule has 1 aromatic heterocycles. The van der Waals surface area contributed by atoms with E-state index in [9.17, 15) is 13.6 Å². The molecule has 0 saturated heterocycles. The van der Waals surface area contributed by atoms with Crippen LogP contribution in [-0.2, 0) is 11.2 Å². The van der Waals surface area contributed by atoms with Crippen molar-refractivity contribution in [3.8, 4) is 6.07 Å². The number of nitrogen functional groups attached to an aromatic ring is 1. The monoisotopic (exact) mass is 227 g/mol. The van der Waals surface area contributed by atoms with E-state index in [4.69, 9.17) is 16.1 Å². The van der Waals surface area contributed by atoms with E-state index in [2.05, 4.69) is 4.98 Å². The minimum Gasteiger partial charge on any atom is -0.481 e. The second-order valence-electron chi connectivity index (χ2n) is 2.93. The zero-order chi connectivity index (χ0) is 12.3. The highest BCUT2D eigenvalue weighted by Gasteiger charge is 2.22. The van der Waals surface area contributed by atoms with E-state index in [1.807, 2.05) is 0 Å². The number of anilines is 1. The van der Waals surface area contributed by atoms with Crippen molar-refractivity contribution in [2.75, 3.05) is 5.73 Å². The Hall–Kier alpha value is -2.23. The molecule has 0 aliphatic carbocycles. The van der Waals surface area contributed by atoms with Gasteiger partial charge in [0.2, 0.25) is 0 Å². The fourth-order valence-corrected chi connectivity index (χ4v) is 1.23. The van der Waals surface area contributed by atoms with Gasteiger partial charge in [0.05, 0.1) is 35.1 Å². The lowest BCUT2D eigenvalue weighted by Gasteiger charge is -2.09. The van der Waals surface area contributed by atoms with Gasteiger partial charge in [0, 0.05) is 0 Å². The predicted octanol–water partition coefficient (Wildman–Crippen LogP) is 1.10. The van der Waals surface area contributed by atoms with Gasteiger partial charge >= 0.3 is 5.97 Å². The van der Waals surface area contributed by atoms with E-state index >= 15 is 0 Å². The average Bonchev–Trinajstić information content (AvgIpc) is 2.18. The highest BCUT2D eigenvalue weighted by molar-refractivity contribution is 5.71. The first kappa shape index (κ1) is 11.8. The Kier molecular flexibility index (Phi) is 3.35. The van der Waals surface area contributed by atoms with Crippen LogP contribution in [0.2, 0.25) is 0 Å². The van der Waals surface area contributed by atoms with E-state index in [0.717, 1.165) is 6.20 Å². The van der Waals surface area contributed by atoms with Crippen molar-refractivity contribution < 1.29 is 18.7 Å². The number of aromatic nitrogens is 1. The van der Waals surface area contributed by atoms with Crippen LogP contribution in [0.4, 0.5) is 14.5 Å². The smallest absolute Gasteiger partial charge is 0.309 e. The first-order chi connectivity index (χ1) is 7.47. The lowest BCUT2D eigenvalue weighted by molar-refractivity contribution is -0.136. The highest BCUT2D eigenvalue weighted by atomic mass is 19.3. The average molecular weight is 227 g/mol. The number of pyridine rings is 1. The molecule has 1 aromatic rings. The molecule has 0 spiro atoms. The Bertz CT molecular complexity index is 469. The molecule has 5 nitrogen and oxygen atoms in total. The van der Waals surface area contributed by atoms with Gasteiger partial charge in [0.1, 0.15) is 6.07 Å². The van der Waals surface area contributed by atoms with Crippen molar-refractivity contribution in [1.29, 1.82) is 5.26 Å². The number of carboxylic acid groups (broad SMARTS) is 1. The third-order valence-corrected chi connectivity index (χ3v) is 1.88. The number of hydrogen-bond donors (Lipinski definition) is 2. The molecule has 0 unspecified atom stereocenters. The van der Waals surface area contributed by atoms with Crippen LogP contribution in [0.25, 0.3) is 0 Å². The normalized spacial score (nSPS) is 10.1. The molecule has 0 aromatic carbocycles. The topological polar surface area (TPSA) is 100 Å². The summed E-state index contributed by atoms with van der Waals surface area (Å²) in [5, 5.41) is 17.2. The summed E-state index contributed by atoms with van der Waals surface area (Å²) >= 11 is 0. The minimum absolute atomic E-state index is 0.188. The fraction of sp³-hybridized carbons (Fsp3) is 0.222. The number of hydrogen-bond acceptors (Lipinski definition) is 4. The molecular formula is C9H7F2N3O2. The van der Waals surface area contributed by atoms with Gasteiger partial charge in [-0.3, -0.25) is 9.78 Å². The van der Waals surface area contributed by atoms with Gasteiger partial charge in [0.15, 0.2) is 0 Å². The third kappa shape index (κ3) is 2.23. The standard InChI is InChI=1S/C9H7F2N3O2/c10-9(11)8-4(2-12)5(13)3-14-6(8)1-7(15)16/h3,9H,1,13H2,(H,15,16). The molecule has 7 heteroatoms. The summed E-state index contributed by atoms with van der Waals surface area (Å²) in [5.41, 5.74) is 3.66. The number of carboxylic acids is 1. The van der Waals surface area contributed by atoms with Gasteiger partial charge in [-0.2, -0.15) is 5.26 Å². The molecule has 16 heavy (non-hydrogen) atoms. The zero-order valence-corrected chi connectivity index (χ0v) is 7.94. The molecule has 84 valence electrons. The summed E-state index contributed by atoms with van der Waals surface area (Å²) in [5.74, 6) is -1.30. The van der Waals surface area contributed by atoms with Crippen LogP contribution in [0.15, 0.2) is 6.20 Å². The van der Waals surface area contributed by atoms with Gasteiger partial charge < -0.3 is 10.8 Å². The number of aliphatic carboxylic acids is 1. The SMILES string of the molecule is N#Cc1c(N)cnc(CC(=O)O)c1C(F)F. The first-order valence-corrected chi connectivity index (χ1v) is 4.14. The molecular weight excluding hydrogens is 220 g/mol. The van der Waals surface area contributed by atoms with Crippen LogP contribution >= 0.6 is 0 Å². The van der Waals surface area contributed by atoms with Gasteiger partial charge in [-0.05, 0) is 0 Å². The van der Waals surface area contributed by atoms with Crippen LogP contribution < -0.4 is 5.73 Å². The lowest BCUT2D eigenvalue weighted by Crippen LogP contribution is -2.10. The molecule has 0 amide bonds. The predicted molar refractivity (Wildman–Crippen MR) is 49.7 cm³/mol. The number of nitrogens with zero attached hydrogens (tertiary/aromatic N) is 2. The molecule has 0 aliphatic heterocycles. The van der Waals surface area contributed by atoms with Crippen molar-refractivity contribution in [2.45, 2.75) is 12.8 Å². The summed E-state index contributed by atoms with van der Waals surface area (Å²) in [7, 11) is 0. The van der Waals surface area contributed by atoms with Crippen LogP contribution in [0.1, 0.15) is 23.2 Å². The van der Waals surface area contributed by atoms with Gasteiger partial charge in [-0.1, -0.05) is 0 Å². The van der Waals surface area contributed by atoms with Crippen molar-refractivity contribution in [3.63, 3.8) is 0 Å². The Morgan fingerprint density at radius 2 is 2.31 bits per heavy atom. The first-order valence-electron chi connectivity index (χ1n) is 4.14. The summed E-state index contributed by atoms with van der Waals surface area (Å²) in [4.78, 5) is 13.9. The molecule has 0 radical (unpaired) electrons. The summed E-state index contributed by atoms with van der Waals surface area (Å²) < 4.78 is 25.3. The Morgan fingerprint density at radius 3 is 2.75 bits per heavy atom. The number of halogens is 2. The molecule has 0 aliphatic rings. The molecule has 0 fully saturated rings. The van der Waals surface area contributed by atoms with Crippen LogP contribution in [0.3, 0.4) is 0 Å². The fourth-order valence-electron chi connectivity index (χ4n) is 1.23. The summed E-state index contributed by atoms with van der Waals surface area (Å²) in [6.45, 7) is 0. The van der Waals surface area contributed by atoms with E-state index < -0.39 is 29.9 Å². The maximum atomic E-state index is 12.7. The van der Waals surface area contributed by atoms with Crippen molar-refractivity contribution in [2.24, 2.45) is 0 Å². The number of alkyl halides is 2. The molecule has 3 N–H and O–H groups in total. The van der Waals surface area contributed by atoms with Crippen molar-refractivity contribution >= 4 is 11.7 Å². The van der Waals surface area contributed by atoms with E-state index in [1.54, 1.807) is 0 Å². The summed E-state index contributed by atoms with van der Waals surface area (Å²) in [6, 6.07) is 1.52. The van der Waals surface area contributed by atoms with Gasteiger partial charge in [-0.15, -0.1) is 0 Å². The Labute approximate surface area is 89.1 Å². The van der Waals surface area contributed by atoms with Crippen molar-refractivity contribution in [3.05, 3.63) is 23.0 Å². The van der Waals surface area contributed by atoms with Gasteiger partial charge in [0.25, 0.3) is 6.43 Å². The quantitative estimate of drug-likeness (QED) is 0.805. The van der Waals surface area contributed by atoms with Gasteiger partial charge in [-0.25, -0.2) is 8.78 Å². The third-order valence-electron chi connectivity index (χ3n) is 1.88. The second-order valence-corrected chi connectivity index (χ2v) is 2.93. The van der Waals surface area contributed by atoms with E-state index in [1.165, 1.54) is 6.07 Å². The maximum absolute atomic E-state index is 12.7. The maximum Gasteiger partial charge on any atom is 0.309 e.